The first-order valence-corrected chi connectivity index (χ1v) is 34.1. The lowest BCUT2D eigenvalue weighted by Gasteiger charge is -2.24. The Morgan fingerprint density at radius 2 is 0.798 bits per heavy atom. The summed E-state index contributed by atoms with van der Waals surface area (Å²) in [4.78, 5) is 72.0. The van der Waals surface area contributed by atoms with Gasteiger partial charge in [0.15, 0.2) is 0 Å². The van der Waals surface area contributed by atoms with Crippen molar-refractivity contribution in [1.82, 2.24) is 51.2 Å². The number of aromatic amines is 4. The molecule has 4 aliphatic rings. The van der Waals surface area contributed by atoms with Crippen molar-refractivity contribution in [1.29, 1.82) is 0 Å². The summed E-state index contributed by atoms with van der Waals surface area (Å²) in [6.07, 6.45) is 15.3. The predicted octanol–water partition coefficient (Wildman–Crippen LogP) is 18.0. The summed E-state index contributed by atoms with van der Waals surface area (Å²) in [5.41, 5.74) is 17.1. The van der Waals surface area contributed by atoms with Gasteiger partial charge < -0.3 is 41.2 Å². The molecule has 19 heteroatoms. The smallest absolute Gasteiger partial charge is 0.270 e. The number of H-pyrrole nitrogens is 4. The van der Waals surface area contributed by atoms with Crippen LogP contribution in [0.25, 0.3) is 43.6 Å². The molecule has 0 saturated heterocycles. The first kappa shape index (κ1) is 63.9. The van der Waals surface area contributed by atoms with Crippen LogP contribution in [0.1, 0.15) is 168 Å². The molecule has 6 aromatic heterocycles. The SMILES string of the molecule is Cc1ccccc1C(=O)N[C@@H]1CCCc2c1[nH]c1ccc(Br)cc21.O=C(N[C@@H]1CCCc2c1[nH]c1ccc(Br)cc21)c1ccc(F)cc1.O=C(N[C@@H]1CCCc2c1[nH]c1ccc(Cl)cc21)c1ccccn1.O=C(N[C@H]1CCCc2c1[nH]c1ccc(Cl)cc21)c1ccccn1. The van der Waals surface area contributed by atoms with Gasteiger partial charge in [0.25, 0.3) is 23.6 Å². The zero-order valence-electron chi connectivity index (χ0n) is 51.4. The summed E-state index contributed by atoms with van der Waals surface area (Å²) in [6, 6.07) is 48.3. The third kappa shape index (κ3) is 14.0. The van der Waals surface area contributed by atoms with Crippen LogP contribution in [0.3, 0.4) is 0 Å². The van der Waals surface area contributed by atoms with E-state index in [1.165, 1.54) is 57.3 Å². The Morgan fingerprint density at radius 3 is 1.19 bits per heavy atom. The van der Waals surface area contributed by atoms with Gasteiger partial charge in [-0.15, -0.1) is 0 Å². The highest BCUT2D eigenvalue weighted by Gasteiger charge is 2.31. The minimum atomic E-state index is -0.340. The van der Waals surface area contributed by atoms with Crippen LogP contribution in [-0.4, -0.2) is 53.5 Å². The maximum atomic E-state index is 13.0. The van der Waals surface area contributed by atoms with Crippen LogP contribution in [0.15, 0.2) is 179 Å². The lowest BCUT2D eigenvalue weighted by Crippen LogP contribution is -2.31. The Bertz CT molecular complexity index is 4650. The van der Waals surface area contributed by atoms with Gasteiger partial charge in [0.2, 0.25) is 0 Å². The number of pyridine rings is 2. The number of rotatable bonds is 8. The fourth-order valence-corrected chi connectivity index (χ4v) is 14.7. The average molecular weight is 1420 g/mol. The van der Waals surface area contributed by atoms with Crippen molar-refractivity contribution in [2.24, 2.45) is 0 Å². The van der Waals surface area contributed by atoms with Gasteiger partial charge in [0.05, 0.1) is 24.2 Å². The van der Waals surface area contributed by atoms with Crippen LogP contribution >= 0.6 is 55.1 Å². The number of carbonyl (C=O) groups is 4. The second kappa shape index (κ2) is 28.4. The Balaban J connectivity index is 0.000000114. The Labute approximate surface area is 569 Å². The molecule has 0 fully saturated rings. The Morgan fingerprint density at radius 1 is 0.436 bits per heavy atom. The van der Waals surface area contributed by atoms with Gasteiger partial charge in [-0.25, -0.2) is 4.39 Å². The van der Waals surface area contributed by atoms with Crippen molar-refractivity contribution in [3.8, 4) is 0 Å². The van der Waals surface area contributed by atoms with Gasteiger partial charge in [0, 0.05) is 109 Å². The molecule has 0 spiro atoms. The number of nitrogens with one attached hydrogen (secondary N) is 8. The highest BCUT2D eigenvalue weighted by molar-refractivity contribution is 9.10. The van der Waals surface area contributed by atoms with Crippen LogP contribution < -0.4 is 21.3 Å². The Hall–Kier alpha value is -8.87. The van der Waals surface area contributed by atoms with E-state index in [-0.39, 0.29) is 53.6 Å². The summed E-state index contributed by atoms with van der Waals surface area (Å²) in [6.45, 7) is 1.97. The maximum Gasteiger partial charge on any atom is 0.270 e. The summed E-state index contributed by atoms with van der Waals surface area (Å²) in [7, 11) is 0. The second-order valence-corrected chi connectivity index (χ2v) is 27.0. The monoisotopic (exact) mass is 1420 g/mol. The number of aromatic nitrogens is 6. The minimum absolute atomic E-state index is 0.00536. The van der Waals surface area contributed by atoms with Gasteiger partial charge >= 0.3 is 0 Å². The first-order valence-electron chi connectivity index (χ1n) is 31.8. The van der Waals surface area contributed by atoms with E-state index in [0.717, 1.165) is 163 Å². The van der Waals surface area contributed by atoms with E-state index in [1.807, 2.05) is 91.9 Å². The van der Waals surface area contributed by atoms with Crippen molar-refractivity contribution in [3.63, 3.8) is 0 Å². The van der Waals surface area contributed by atoms with Crippen LogP contribution in [0.4, 0.5) is 4.39 Å². The molecule has 4 aliphatic carbocycles. The third-order valence-corrected chi connectivity index (χ3v) is 19.6. The molecule has 0 unspecified atom stereocenters. The molecule has 6 aromatic carbocycles. The maximum absolute atomic E-state index is 13.0. The number of amides is 4. The van der Waals surface area contributed by atoms with Gasteiger partial charge in [0.1, 0.15) is 17.2 Å². The molecular weight excluding hydrogens is 1350 g/mol. The van der Waals surface area contributed by atoms with Crippen molar-refractivity contribution in [2.75, 3.05) is 0 Å². The van der Waals surface area contributed by atoms with Crippen molar-refractivity contribution in [3.05, 3.63) is 268 Å². The number of halogens is 5. The molecular formula is C75H67Br2Cl2FN10O4. The number of aryl methyl sites for hydroxylation is 5. The standard InChI is InChI=1S/C20H19BrN2O.C19H16BrFN2O.2C18H16ClN3O/c1-12-5-2-3-6-14(12)20(24)23-18-8-4-7-15-16-11-13(21)9-10-17(16)22-19(15)18;20-12-6-9-16-15(10-12)14-2-1-3-17(18(14)22-16)23-19(24)11-4-7-13(21)8-5-11;2*19-11-7-8-14-13(10-11)12-4-3-6-15(17(12)21-14)22-18(23)16-5-1-2-9-20-16/h2-3,5-6,9-11,18,22H,4,7-8H2,1H3,(H,23,24);4-10,17,22H,1-3H2,(H,23,24);2*1-2,5,7-10,15,21H,3-4,6H2,(H,22,23)/t18-;17-;2*15-/m1110/s1. The van der Waals surface area contributed by atoms with E-state index in [0.29, 0.717) is 17.0 Å². The molecule has 4 amide bonds. The predicted molar refractivity (Wildman–Crippen MR) is 377 cm³/mol. The summed E-state index contributed by atoms with van der Waals surface area (Å²) in [5.74, 6) is -0.786. The van der Waals surface area contributed by atoms with Crippen LogP contribution in [-0.2, 0) is 25.7 Å². The number of fused-ring (bicyclic) bond motifs is 12. The van der Waals surface area contributed by atoms with Crippen LogP contribution in [0.5, 0.6) is 0 Å². The topological polar surface area (TPSA) is 205 Å². The minimum Gasteiger partial charge on any atom is -0.356 e. The fraction of sp³-hybridized carbons (Fsp3) is 0.227. The molecule has 8 N–H and O–H groups in total. The van der Waals surface area contributed by atoms with E-state index in [4.69, 9.17) is 23.2 Å². The fourth-order valence-electron chi connectivity index (χ4n) is 13.7. The molecule has 12 aromatic rings. The van der Waals surface area contributed by atoms with Gasteiger partial charge in [-0.1, -0.05) is 85.4 Å². The lowest BCUT2D eigenvalue weighted by atomic mass is 9.91. The molecule has 16 rings (SSSR count). The lowest BCUT2D eigenvalue weighted by molar-refractivity contribution is 0.0918. The van der Waals surface area contributed by atoms with Gasteiger partial charge in [-0.3, -0.25) is 29.1 Å². The van der Waals surface area contributed by atoms with E-state index >= 15 is 0 Å². The molecule has 0 saturated carbocycles. The van der Waals surface area contributed by atoms with Crippen molar-refractivity contribution >= 4 is 122 Å². The van der Waals surface area contributed by atoms with E-state index in [2.05, 4.69) is 107 Å². The number of carbonyl (C=O) groups excluding carboxylic acids is 4. The van der Waals surface area contributed by atoms with Gasteiger partial charge in [-0.05, 0) is 239 Å². The zero-order valence-corrected chi connectivity index (χ0v) is 56.1. The number of hydrogen-bond acceptors (Lipinski definition) is 6. The molecule has 0 aliphatic heterocycles. The van der Waals surface area contributed by atoms with Crippen molar-refractivity contribution < 1.29 is 23.6 Å². The van der Waals surface area contributed by atoms with Gasteiger partial charge in [-0.2, -0.15) is 0 Å². The van der Waals surface area contributed by atoms with Crippen LogP contribution in [0, 0.1) is 12.7 Å². The summed E-state index contributed by atoms with van der Waals surface area (Å²) >= 11 is 19.3. The molecule has 476 valence electrons. The Kier molecular flexibility index (Phi) is 19.3. The molecule has 94 heavy (non-hydrogen) atoms. The molecule has 6 heterocycles. The van der Waals surface area contributed by atoms with E-state index < -0.39 is 0 Å². The molecule has 14 nitrogen and oxygen atoms in total. The van der Waals surface area contributed by atoms with E-state index in [1.54, 1.807) is 36.7 Å². The second-order valence-electron chi connectivity index (χ2n) is 24.3. The highest BCUT2D eigenvalue weighted by Crippen LogP contribution is 2.40. The summed E-state index contributed by atoms with van der Waals surface area (Å²) in [5, 5.41) is 18.8. The normalized spacial score (nSPS) is 16.9. The summed E-state index contributed by atoms with van der Waals surface area (Å²) < 4.78 is 15.2. The highest BCUT2D eigenvalue weighted by atomic mass is 79.9. The molecule has 0 bridgehead atoms. The largest absolute Gasteiger partial charge is 0.356 e. The number of hydrogen-bond donors (Lipinski definition) is 8. The quantitative estimate of drug-likeness (QED) is 0.0743. The van der Waals surface area contributed by atoms with Crippen molar-refractivity contribution in [2.45, 2.75) is 108 Å². The number of benzene rings is 6. The third-order valence-electron chi connectivity index (χ3n) is 18.2. The molecule has 4 atom stereocenters. The zero-order chi connectivity index (χ0) is 65.0. The van der Waals surface area contributed by atoms with Crippen LogP contribution in [0.2, 0.25) is 10.0 Å². The van der Waals surface area contributed by atoms with E-state index in [9.17, 15) is 23.6 Å². The average Bonchev–Trinajstić information content (AvgIpc) is 1.66. The first-order chi connectivity index (χ1) is 45.7. The molecule has 0 radical (unpaired) electrons. The number of nitrogens with zero attached hydrogens (tertiary/aromatic N) is 2.